The second kappa shape index (κ2) is 8.05. The van der Waals surface area contributed by atoms with Crippen LogP contribution in [0.4, 0.5) is 5.69 Å². The van der Waals surface area contributed by atoms with E-state index in [0.717, 1.165) is 5.56 Å². The van der Waals surface area contributed by atoms with Crippen molar-refractivity contribution in [3.63, 3.8) is 0 Å². The van der Waals surface area contributed by atoms with Crippen molar-refractivity contribution >= 4 is 33.0 Å². The second-order valence-corrected chi connectivity index (χ2v) is 8.91. The molecule has 1 atom stereocenters. The van der Waals surface area contributed by atoms with Gasteiger partial charge in [-0.2, -0.15) is 0 Å². The first kappa shape index (κ1) is 18.7. The number of rotatable bonds is 6. The fourth-order valence-corrected chi connectivity index (χ4v) is 4.94. The van der Waals surface area contributed by atoms with Crippen molar-refractivity contribution in [2.45, 2.75) is 19.0 Å². The predicted octanol–water partition coefficient (Wildman–Crippen LogP) is 2.36. The van der Waals surface area contributed by atoms with Gasteiger partial charge in [-0.05, 0) is 30.2 Å². The van der Waals surface area contributed by atoms with Crippen LogP contribution in [-0.4, -0.2) is 48.3 Å². The number of aromatic nitrogens is 1. The number of anilines is 1. The molecule has 1 aromatic heterocycles. The van der Waals surface area contributed by atoms with Gasteiger partial charge in [-0.1, -0.05) is 29.8 Å². The van der Waals surface area contributed by atoms with E-state index >= 15 is 0 Å². The number of nitrogens with one attached hydrogen (secondary N) is 1. The number of halogens is 1. The number of hydrogen-bond acceptors (Lipinski definition) is 5. The fourth-order valence-electron chi connectivity index (χ4n) is 3.01. The number of pyridine rings is 1. The predicted molar refractivity (Wildman–Crippen MR) is 102 cm³/mol. The first-order valence-corrected chi connectivity index (χ1v) is 10.5. The van der Waals surface area contributed by atoms with Crippen molar-refractivity contribution in [1.82, 2.24) is 9.88 Å². The van der Waals surface area contributed by atoms with Crippen LogP contribution in [0.25, 0.3) is 0 Å². The number of carbonyl (C=O) groups excluding carboxylic acids is 1. The Morgan fingerprint density at radius 3 is 2.73 bits per heavy atom. The minimum absolute atomic E-state index is 0.00505. The van der Waals surface area contributed by atoms with E-state index in [4.69, 9.17) is 11.6 Å². The van der Waals surface area contributed by atoms with Crippen molar-refractivity contribution in [3.05, 3.63) is 59.4 Å². The highest BCUT2D eigenvalue weighted by molar-refractivity contribution is 7.91. The number of amides is 1. The van der Waals surface area contributed by atoms with Crippen LogP contribution in [0.2, 0.25) is 5.02 Å². The summed E-state index contributed by atoms with van der Waals surface area (Å²) in [5.74, 6) is -0.0479. The van der Waals surface area contributed by atoms with E-state index in [9.17, 15) is 13.2 Å². The van der Waals surface area contributed by atoms with E-state index in [2.05, 4.69) is 10.3 Å². The van der Waals surface area contributed by atoms with E-state index in [1.807, 2.05) is 18.2 Å². The van der Waals surface area contributed by atoms with E-state index in [1.165, 1.54) is 0 Å². The normalized spacial score (nSPS) is 18.4. The third-order valence-corrected chi connectivity index (χ3v) is 6.43. The number of hydrogen-bond donors (Lipinski definition) is 1. The highest BCUT2D eigenvalue weighted by Crippen LogP contribution is 2.22. The van der Waals surface area contributed by atoms with E-state index in [1.54, 1.807) is 35.5 Å². The van der Waals surface area contributed by atoms with Crippen LogP contribution in [-0.2, 0) is 21.2 Å². The molecule has 1 amide bonds. The van der Waals surface area contributed by atoms with Gasteiger partial charge in [0.15, 0.2) is 9.84 Å². The topological polar surface area (TPSA) is 79.4 Å². The summed E-state index contributed by atoms with van der Waals surface area (Å²) in [6.07, 6.45) is 3.81. The molecule has 1 aliphatic rings. The van der Waals surface area contributed by atoms with Crippen LogP contribution in [0.1, 0.15) is 12.0 Å². The second-order valence-electron chi connectivity index (χ2n) is 6.27. The van der Waals surface area contributed by atoms with E-state index < -0.39 is 9.84 Å². The SMILES string of the molecule is O=C(CNc1ccccc1Cl)N(Cc1cccnc1)C1CCS(=O)(=O)C1. The van der Waals surface area contributed by atoms with Gasteiger partial charge in [0.05, 0.1) is 28.8 Å². The average Bonchev–Trinajstić information content (AvgIpc) is 2.99. The minimum atomic E-state index is -3.09. The standard InChI is InChI=1S/C18H20ClN3O3S/c19-16-5-1-2-6-17(16)21-11-18(23)22(12-14-4-3-8-20-10-14)15-7-9-26(24,25)13-15/h1-6,8,10,15,21H,7,9,11-13H2. The lowest BCUT2D eigenvalue weighted by molar-refractivity contribution is -0.131. The monoisotopic (exact) mass is 393 g/mol. The molecule has 0 bridgehead atoms. The summed E-state index contributed by atoms with van der Waals surface area (Å²) in [7, 11) is -3.09. The van der Waals surface area contributed by atoms with Crippen molar-refractivity contribution in [2.75, 3.05) is 23.4 Å². The van der Waals surface area contributed by atoms with Crippen molar-refractivity contribution < 1.29 is 13.2 Å². The lowest BCUT2D eigenvalue weighted by Crippen LogP contribution is -2.43. The van der Waals surface area contributed by atoms with Crippen LogP contribution in [0.15, 0.2) is 48.8 Å². The molecule has 3 rings (SSSR count). The van der Waals surface area contributed by atoms with Crippen LogP contribution in [0.3, 0.4) is 0 Å². The van der Waals surface area contributed by atoms with Gasteiger partial charge in [-0.3, -0.25) is 9.78 Å². The van der Waals surface area contributed by atoms with Gasteiger partial charge in [0.2, 0.25) is 5.91 Å². The van der Waals surface area contributed by atoms with Gasteiger partial charge < -0.3 is 10.2 Å². The molecule has 1 aliphatic heterocycles. The molecule has 1 N–H and O–H groups in total. The third kappa shape index (κ3) is 4.74. The zero-order valence-electron chi connectivity index (χ0n) is 14.1. The molecule has 2 aromatic rings. The van der Waals surface area contributed by atoms with Crippen molar-refractivity contribution in [2.24, 2.45) is 0 Å². The summed E-state index contributed by atoms with van der Waals surface area (Å²) < 4.78 is 23.7. The largest absolute Gasteiger partial charge is 0.375 e. The lowest BCUT2D eigenvalue weighted by atomic mass is 10.1. The highest BCUT2D eigenvalue weighted by atomic mass is 35.5. The van der Waals surface area contributed by atoms with Gasteiger partial charge in [0.1, 0.15) is 0 Å². The summed E-state index contributed by atoms with van der Waals surface area (Å²) in [4.78, 5) is 18.5. The number of benzene rings is 1. The molecule has 0 radical (unpaired) electrons. The van der Waals surface area contributed by atoms with Gasteiger partial charge in [-0.25, -0.2) is 8.42 Å². The van der Waals surface area contributed by atoms with E-state index in [0.29, 0.717) is 23.7 Å². The van der Waals surface area contributed by atoms with Crippen molar-refractivity contribution in [1.29, 1.82) is 0 Å². The first-order chi connectivity index (χ1) is 12.4. The van der Waals surface area contributed by atoms with Crippen LogP contribution in [0, 0.1) is 0 Å². The summed E-state index contributed by atoms with van der Waals surface area (Å²) in [5.41, 5.74) is 1.53. The number of nitrogens with zero attached hydrogens (tertiary/aromatic N) is 2. The Morgan fingerprint density at radius 2 is 2.08 bits per heavy atom. The van der Waals surface area contributed by atoms with Gasteiger partial charge in [-0.15, -0.1) is 0 Å². The Hall–Kier alpha value is -2.12. The molecular formula is C18H20ClN3O3S. The maximum absolute atomic E-state index is 12.8. The van der Waals surface area contributed by atoms with Crippen LogP contribution in [0.5, 0.6) is 0 Å². The highest BCUT2D eigenvalue weighted by Gasteiger charge is 2.34. The fraction of sp³-hybridized carbons (Fsp3) is 0.333. The molecular weight excluding hydrogens is 374 g/mol. The summed E-state index contributed by atoms with van der Waals surface area (Å²) in [6, 6.07) is 10.5. The van der Waals surface area contributed by atoms with Crippen LogP contribution < -0.4 is 5.32 Å². The Balaban J connectivity index is 1.74. The summed E-state index contributed by atoms with van der Waals surface area (Å²) >= 11 is 6.11. The molecule has 1 fully saturated rings. The number of para-hydroxylation sites is 1. The molecule has 26 heavy (non-hydrogen) atoms. The smallest absolute Gasteiger partial charge is 0.242 e. The Labute approximate surface area is 158 Å². The molecule has 6 nitrogen and oxygen atoms in total. The average molecular weight is 394 g/mol. The molecule has 1 aromatic carbocycles. The van der Waals surface area contributed by atoms with Gasteiger partial charge >= 0.3 is 0 Å². The molecule has 138 valence electrons. The molecule has 0 spiro atoms. The quantitative estimate of drug-likeness (QED) is 0.815. The molecule has 0 saturated carbocycles. The molecule has 2 heterocycles. The molecule has 8 heteroatoms. The molecule has 1 unspecified atom stereocenters. The Morgan fingerprint density at radius 1 is 1.27 bits per heavy atom. The minimum Gasteiger partial charge on any atom is -0.375 e. The Kier molecular flexibility index (Phi) is 5.78. The summed E-state index contributed by atoms with van der Waals surface area (Å²) in [6.45, 7) is 0.373. The lowest BCUT2D eigenvalue weighted by Gasteiger charge is -2.28. The first-order valence-electron chi connectivity index (χ1n) is 8.32. The maximum atomic E-state index is 12.8. The van der Waals surface area contributed by atoms with E-state index in [-0.39, 0.29) is 30.0 Å². The Bertz CT molecular complexity index is 874. The third-order valence-electron chi connectivity index (χ3n) is 4.35. The van der Waals surface area contributed by atoms with Crippen molar-refractivity contribution in [3.8, 4) is 0 Å². The number of sulfone groups is 1. The molecule has 0 aliphatic carbocycles. The molecule has 1 saturated heterocycles. The van der Waals surface area contributed by atoms with Crippen LogP contribution >= 0.6 is 11.6 Å². The zero-order chi connectivity index (χ0) is 18.6. The zero-order valence-corrected chi connectivity index (χ0v) is 15.7. The van der Waals surface area contributed by atoms with Gasteiger partial charge in [0, 0.05) is 25.0 Å². The maximum Gasteiger partial charge on any atom is 0.242 e. The van der Waals surface area contributed by atoms with Gasteiger partial charge in [0.25, 0.3) is 0 Å². The number of carbonyl (C=O) groups is 1. The summed E-state index contributed by atoms with van der Waals surface area (Å²) in [5, 5.41) is 3.57.